The molecule has 0 aliphatic heterocycles. The lowest BCUT2D eigenvalue weighted by atomic mass is 10.1. The SMILES string of the molecule is Cc1cc([N+](=O)[O-])ccc1C#CCCCO. The second kappa shape index (κ2) is 5.89. The lowest BCUT2D eigenvalue weighted by molar-refractivity contribution is -0.384. The topological polar surface area (TPSA) is 63.4 Å². The van der Waals surface area contributed by atoms with Crippen molar-refractivity contribution in [2.75, 3.05) is 6.61 Å². The van der Waals surface area contributed by atoms with Crippen molar-refractivity contribution >= 4 is 5.69 Å². The molecule has 0 saturated carbocycles. The number of benzene rings is 1. The highest BCUT2D eigenvalue weighted by Crippen LogP contribution is 2.16. The van der Waals surface area contributed by atoms with Crippen molar-refractivity contribution in [2.24, 2.45) is 0 Å². The monoisotopic (exact) mass is 219 g/mol. The Labute approximate surface area is 94.1 Å². The number of nitrogens with zero attached hydrogens (tertiary/aromatic N) is 1. The van der Waals surface area contributed by atoms with Crippen molar-refractivity contribution in [2.45, 2.75) is 19.8 Å². The number of hydrogen-bond acceptors (Lipinski definition) is 3. The average molecular weight is 219 g/mol. The van der Waals surface area contributed by atoms with E-state index in [2.05, 4.69) is 11.8 Å². The Kier molecular flexibility index (Phi) is 4.49. The first-order chi connectivity index (χ1) is 7.65. The maximum absolute atomic E-state index is 10.5. The molecule has 0 amide bonds. The fourth-order valence-electron chi connectivity index (χ4n) is 1.23. The van der Waals surface area contributed by atoms with Gasteiger partial charge in [0.05, 0.1) is 4.92 Å². The van der Waals surface area contributed by atoms with Gasteiger partial charge in [-0.3, -0.25) is 10.1 Å². The zero-order valence-corrected chi connectivity index (χ0v) is 9.06. The van der Waals surface area contributed by atoms with E-state index in [9.17, 15) is 10.1 Å². The predicted octanol–water partition coefficient (Wildman–Crippen LogP) is 2.03. The summed E-state index contributed by atoms with van der Waals surface area (Å²) in [6, 6.07) is 4.61. The third-order valence-electron chi connectivity index (χ3n) is 2.10. The molecule has 0 bridgehead atoms. The first kappa shape index (κ1) is 12.2. The van der Waals surface area contributed by atoms with E-state index in [4.69, 9.17) is 5.11 Å². The van der Waals surface area contributed by atoms with Gasteiger partial charge in [-0.2, -0.15) is 0 Å². The molecular formula is C12H13NO3. The second-order valence-corrected chi connectivity index (χ2v) is 3.39. The van der Waals surface area contributed by atoms with Gasteiger partial charge in [0.1, 0.15) is 0 Å². The summed E-state index contributed by atoms with van der Waals surface area (Å²) in [6.45, 7) is 1.93. The van der Waals surface area contributed by atoms with Gasteiger partial charge in [-0.15, -0.1) is 0 Å². The molecule has 0 heterocycles. The normalized spacial score (nSPS) is 9.38. The van der Waals surface area contributed by atoms with Crippen LogP contribution in [0.15, 0.2) is 18.2 Å². The van der Waals surface area contributed by atoms with E-state index in [1.807, 2.05) is 0 Å². The van der Waals surface area contributed by atoms with Crippen LogP contribution >= 0.6 is 0 Å². The number of nitro benzene ring substituents is 1. The minimum absolute atomic E-state index is 0.0819. The molecule has 16 heavy (non-hydrogen) atoms. The van der Waals surface area contributed by atoms with Gasteiger partial charge >= 0.3 is 0 Å². The van der Waals surface area contributed by atoms with Crippen molar-refractivity contribution in [1.29, 1.82) is 0 Å². The third kappa shape index (κ3) is 3.37. The molecule has 84 valence electrons. The van der Waals surface area contributed by atoms with Gasteiger partial charge < -0.3 is 5.11 Å². The maximum Gasteiger partial charge on any atom is 0.269 e. The summed E-state index contributed by atoms with van der Waals surface area (Å²) in [5.74, 6) is 5.84. The number of aliphatic hydroxyl groups excluding tert-OH is 1. The van der Waals surface area contributed by atoms with E-state index >= 15 is 0 Å². The van der Waals surface area contributed by atoms with E-state index < -0.39 is 4.92 Å². The molecule has 1 aromatic rings. The smallest absolute Gasteiger partial charge is 0.269 e. The number of aryl methyl sites for hydroxylation is 1. The Morgan fingerprint density at radius 1 is 1.50 bits per heavy atom. The molecule has 1 aromatic carbocycles. The molecule has 0 aliphatic carbocycles. The Bertz CT molecular complexity index is 443. The summed E-state index contributed by atoms with van der Waals surface area (Å²) in [7, 11) is 0. The van der Waals surface area contributed by atoms with Gasteiger partial charge in [0, 0.05) is 30.7 Å². The summed E-state index contributed by atoms with van der Waals surface area (Å²) in [4.78, 5) is 10.1. The van der Waals surface area contributed by atoms with Crippen LogP contribution in [0.3, 0.4) is 0 Å². The molecule has 0 aliphatic rings. The molecule has 0 spiro atoms. The van der Waals surface area contributed by atoms with Crippen LogP contribution < -0.4 is 0 Å². The highest BCUT2D eigenvalue weighted by Gasteiger charge is 2.06. The van der Waals surface area contributed by atoms with Crippen molar-refractivity contribution in [3.8, 4) is 11.8 Å². The van der Waals surface area contributed by atoms with Crippen LogP contribution in [-0.2, 0) is 0 Å². The van der Waals surface area contributed by atoms with Crippen LogP contribution in [-0.4, -0.2) is 16.6 Å². The molecule has 1 rings (SSSR count). The van der Waals surface area contributed by atoms with E-state index in [1.165, 1.54) is 12.1 Å². The molecule has 0 unspecified atom stereocenters. The number of aliphatic hydroxyl groups is 1. The standard InChI is InChI=1S/C12H13NO3/c1-10-9-12(13(15)16)7-6-11(10)5-3-2-4-8-14/h6-7,9,14H,2,4,8H2,1H3. The summed E-state index contributed by atoms with van der Waals surface area (Å²) in [5.41, 5.74) is 1.67. The van der Waals surface area contributed by atoms with Crippen molar-refractivity contribution in [1.82, 2.24) is 0 Å². The predicted molar refractivity (Wildman–Crippen MR) is 61.0 cm³/mol. The van der Waals surface area contributed by atoms with Crippen LogP contribution in [0.1, 0.15) is 24.0 Å². The number of nitro groups is 1. The van der Waals surface area contributed by atoms with Crippen LogP contribution in [0.25, 0.3) is 0 Å². The minimum Gasteiger partial charge on any atom is -0.396 e. The van der Waals surface area contributed by atoms with Crippen molar-refractivity contribution in [3.63, 3.8) is 0 Å². The Hall–Kier alpha value is -1.86. The Morgan fingerprint density at radius 3 is 2.81 bits per heavy atom. The van der Waals surface area contributed by atoms with E-state index in [1.54, 1.807) is 13.0 Å². The van der Waals surface area contributed by atoms with Gasteiger partial charge in [-0.1, -0.05) is 11.8 Å². The molecule has 0 radical (unpaired) electrons. The molecule has 0 aromatic heterocycles. The molecule has 0 fully saturated rings. The quantitative estimate of drug-likeness (QED) is 0.366. The zero-order valence-electron chi connectivity index (χ0n) is 9.06. The van der Waals surface area contributed by atoms with Crippen LogP contribution in [0.4, 0.5) is 5.69 Å². The largest absolute Gasteiger partial charge is 0.396 e. The summed E-state index contributed by atoms with van der Waals surface area (Å²) in [5, 5.41) is 19.1. The van der Waals surface area contributed by atoms with Crippen LogP contribution in [0, 0.1) is 28.9 Å². The van der Waals surface area contributed by atoms with Crippen LogP contribution in [0.2, 0.25) is 0 Å². The van der Waals surface area contributed by atoms with Gasteiger partial charge in [0.15, 0.2) is 0 Å². The summed E-state index contributed by atoms with van der Waals surface area (Å²) >= 11 is 0. The zero-order chi connectivity index (χ0) is 12.0. The van der Waals surface area contributed by atoms with Gasteiger partial charge in [0.2, 0.25) is 0 Å². The number of hydrogen-bond donors (Lipinski definition) is 1. The summed E-state index contributed by atoms with van der Waals surface area (Å²) in [6.07, 6.45) is 1.28. The fourth-order valence-corrected chi connectivity index (χ4v) is 1.23. The highest BCUT2D eigenvalue weighted by molar-refractivity contribution is 5.47. The van der Waals surface area contributed by atoms with Crippen molar-refractivity contribution < 1.29 is 10.0 Å². The Balaban J connectivity index is 2.81. The second-order valence-electron chi connectivity index (χ2n) is 3.39. The van der Waals surface area contributed by atoms with Crippen LogP contribution in [0.5, 0.6) is 0 Å². The molecular weight excluding hydrogens is 206 g/mol. The minimum atomic E-state index is -0.421. The van der Waals surface area contributed by atoms with E-state index in [-0.39, 0.29) is 12.3 Å². The third-order valence-corrected chi connectivity index (χ3v) is 2.10. The lowest BCUT2D eigenvalue weighted by Crippen LogP contribution is -1.90. The van der Waals surface area contributed by atoms with E-state index in [0.717, 1.165) is 11.1 Å². The highest BCUT2D eigenvalue weighted by atomic mass is 16.6. The van der Waals surface area contributed by atoms with Gasteiger partial charge in [-0.25, -0.2) is 0 Å². The van der Waals surface area contributed by atoms with Gasteiger partial charge in [0.25, 0.3) is 5.69 Å². The molecule has 0 saturated heterocycles. The Morgan fingerprint density at radius 2 is 2.25 bits per heavy atom. The van der Waals surface area contributed by atoms with Crippen molar-refractivity contribution in [3.05, 3.63) is 39.4 Å². The molecule has 4 nitrogen and oxygen atoms in total. The number of non-ortho nitro benzene ring substituents is 1. The number of rotatable bonds is 3. The molecule has 1 N–H and O–H groups in total. The molecule has 0 atom stereocenters. The summed E-state index contributed by atoms with van der Waals surface area (Å²) < 4.78 is 0. The first-order valence-electron chi connectivity index (χ1n) is 5.00. The van der Waals surface area contributed by atoms with E-state index in [0.29, 0.717) is 12.8 Å². The van der Waals surface area contributed by atoms with Gasteiger partial charge in [-0.05, 0) is 25.0 Å². The average Bonchev–Trinajstić information content (AvgIpc) is 2.26. The molecule has 4 heteroatoms. The number of unbranched alkanes of at least 4 members (excludes halogenated alkanes) is 1. The fraction of sp³-hybridized carbons (Fsp3) is 0.333. The maximum atomic E-state index is 10.5. The lowest BCUT2D eigenvalue weighted by Gasteiger charge is -1.97. The first-order valence-corrected chi connectivity index (χ1v) is 5.00.